The summed E-state index contributed by atoms with van der Waals surface area (Å²) in [6.45, 7) is 6.23. The zero-order valence-corrected chi connectivity index (χ0v) is 11.7. The lowest BCUT2D eigenvalue weighted by atomic mass is 10.2. The number of ether oxygens (including phenoxy) is 1. The minimum absolute atomic E-state index is 0.395. The fourth-order valence-corrected chi connectivity index (χ4v) is 2.31. The SMILES string of the molecule is CCOCCC(O)Cc1nc2ccccc2n1CC. The third kappa shape index (κ3) is 3.33. The van der Waals surface area contributed by atoms with Crippen molar-refractivity contribution in [1.29, 1.82) is 0 Å². The summed E-state index contributed by atoms with van der Waals surface area (Å²) in [7, 11) is 0. The molecule has 0 aliphatic heterocycles. The zero-order chi connectivity index (χ0) is 13.7. The molecule has 104 valence electrons. The molecule has 4 heteroatoms. The van der Waals surface area contributed by atoms with Gasteiger partial charge in [0, 0.05) is 26.2 Å². The van der Waals surface area contributed by atoms with Crippen molar-refractivity contribution < 1.29 is 9.84 Å². The first-order valence-corrected chi connectivity index (χ1v) is 6.96. The Morgan fingerprint density at radius 1 is 1.32 bits per heavy atom. The van der Waals surface area contributed by atoms with Crippen molar-refractivity contribution in [3.63, 3.8) is 0 Å². The molecular formula is C15H22N2O2. The molecule has 19 heavy (non-hydrogen) atoms. The number of hydrogen-bond acceptors (Lipinski definition) is 3. The van der Waals surface area contributed by atoms with Crippen molar-refractivity contribution in [1.82, 2.24) is 9.55 Å². The van der Waals surface area contributed by atoms with Crippen LogP contribution in [0.1, 0.15) is 26.1 Å². The number of aryl methyl sites for hydroxylation is 1. The molecule has 0 radical (unpaired) electrons. The average molecular weight is 262 g/mol. The van der Waals surface area contributed by atoms with Gasteiger partial charge in [-0.15, -0.1) is 0 Å². The number of aromatic nitrogens is 2. The number of rotatable bonds is 7. The Hall–Kier alpha value is -1.39. The molecule has 0 spiro atoms. The van der Waals surface area contributed by atoms with Gasteiger partial charge in [-0.3, -0.25) is 0 Å². The number of benzene rings is 1. The van der Waals surface area contributed by atoms with E-state index in [2.05, 4.69) is 22.5 Å². The molecule has 0 saturated carbocycles. The highest BCUT2D eigenvalue weighted by atomic mass is 16.5. The van der Waals surface area contributed by atoms with Crippen molar-refractivity contribution in [3.05, 3.63) is 30.1 Å². The van der Waals surface area contributed by atoms with Gasteiger partial charge in [0.1, 0.15) is 5.82 Å². The van der Waals surface area contributed by atoms with E-state index in [1.165, 1.54) is 0 Å². The second kappa shape index (κ2) is 6.68. The minimum Gasteiger partial charge on any atom is -0.393 e. The van der Waals surface area contributed by atoms with Gasteiger partial charge in [-0.2, -0.15) is 0 Å². The maximum absolute atomic E-state index is 10.0. The number of hydrogen-bond donors (Lipinski definition) is 1. The average Bonchev–Trinajstić information content (AvgIpc) is 2.76. The zero-order valence-electron chi connectivity index (χ0n) is 11.7. The summed E-state index contributed by atoms with van der Waals surface area (Å²) in [5, 5.41) is 10.0. The molecule has 1 heterocycles. The molecular weight excluding hydrogens is 240 g/mol. The monoisotopic (exact) mass is 262 g/mol. The van der Waals surface area contributed by atoms with E-state index in [4.69, 9.17) is 4.74 Å². The van der Waals surface area contributed by atoms with E-state index in [0.29, 0.717) is 26.1 Å². The summed E-state index contributed by atoms with van der Waals surface area (Å²) in [6, 6.07) is 8.09. The van der Waals surface area contributed by atoms with Crippen molar-refractivity contribution in [2.75, 3.05) is 13.2 Å². The lowest BCUT2D eigenvalue weighted by molar-refractivity contribution is 0.0874. The van der Waals surface area contributed by atoms with Gasteiger partial charge in [-0.1, -0.05) is 12.1 Å². The fourth-order valence-electron chi connectivity index (χ4n) is 2.31. The Labute approximate surface area is 114 Å². The van der Waals surface area contributed by atoms with Gasteiger partial charge >= 0.3 is 0 Å². The number of fused-ring (bicyclic) bond motifs is 1. The van der Waals surface area contributed by atoms with Crippen LogP contribution in [0.2, 0.25) is 0 Å². The summed E-state index contributed by atoms with van der Waals surface area (Å²) >= 11 is 0. The molecule has 2 aromatic rings. The highest BCUT2D eigenvalue weighted by Gasteiger charge is 2.13. The topological polar surface area (TPSA) is 47.3 Å². The van der Waals surface area contributed by atoms with Crippen LogP contribution in [-0.2, 0) is 17.7 Å². The molecule has 0 fully saturated rings. The van der Waals surface area contributed by atoms with Crippen molar-refractivity contribution in [2.45, 2.75) is 39.3 Å². The molecule has 0 saturated heterocycles. The van der Waals surface area contributed by atoms with Crippen LogP contribution >= 0.6 is 0 Å². The molecule has 0 aliphatic carbocycles. The maximum atomic E-state index is 10.0. The van der Waals surface area contributed by atoms with Crippen molar-refractivity contribution >= 4 is 11.0 Å². The number of nitrogens with zero attached hydrogens (tertiary/aromatic N) is 2. The van der Waals surface area contributed by atoms with Gasteiger partial charge in [-0.25, -0.2) is 4.98 Å². The first-order chi connectivity index (χ1) is 9.26. The lowest BCUT2D eigenvalue weighted by Gasteiger charge is -2.11. The van der Waals surface area contributed by atoms with E-state index in [9.17, 15) is 5.11 Å². The first kappa shape index (κ1) is 14.0. The molecule has 1 N–H and O–H groups in total. The van der Waals surface area contributed by atoms with Crippen LogP contribution in [0.4, 0.5) is 0 Å². The van der Waals surface area contributed by atoms with E-state index in [-0.39, 0.29) is 0 Å². The van der Waals surface area contributed by atoms with Crippen LogP contribution in [0.5, 0.6) is 0 Å². The first-order valence-electron chi connectivity index (χ1n) is 6.96. The van der Waals surface area contributed by atoms with E-state index in [1.54, 1.807) is 0 Å². The number of aliphatic hydroxyl groups is 1. The summed E-state index contributed by atoms with van der Waals surface area (Å²) in [6.07, 6.45) is 0.838. The van der Waals surface area contributed by atoms with Crippen LogP contribution in [0.3, 0.4) is 0 Å². The van der Waals surface area contributed by atoms with Gasteiger partial charge in [0.05, 0.1) is 17.1 Å². The standard InChI is InChI=1S/C15H22N2O2/c1-3-17-14-8-6-5-7-13(14)16-15(17)11-12(18)9-10-19-4-2/h5-8,12,18H,3-4,9-11H2,1-2H3. The second-order valence-corrected chi connectivity index (χ2v) is 4.60. The van der Waals surface area contributed by atoms with Crippen LogP contribution in [0.15, 0.2) is 24.3 Å². The normalized spacial score (nSPS) is 13.0. The Balaban J connectivity index is 2.11. The smallest absolute Gasteiger partial charge is 0.112 e. The molecule has 0 aliphatic rings. The van der Waals surface area contributed by atoms with E-state index < -0.39 is 6.10 Å². The summed E-state index contributed by atoms with van der Waals surface area (Å²) in [5.74, 6) is 0.952. The van der Waals surface area contributed by atoms with E-state index in [1.807, 2.05) is 25.1 Å². The fraction of sp³-hybridized carbons (Fsp3) is 0.533. The van der Waals surface area contributed by atoms with Gasteiger partial charge in [0.2, 0.25) is 0 Å². The molecule has 4 nitrogen and oxygen atoms in total. The van der Waals surface area contributed by atoms with Gasteiger partial charge in [0.15, 0.2) is 0 Å². The lowest BCUT2D eigenvalue weighted by Crippen LogP contribution is -2.16. The summed E-state index contributed by atoms with van der Waals surface area (Å²) in [5.41, 5.74) is 2.13. The molecule has 1 aromatic heterocycles. The molecule has 1 atom stereocenters. The van der Waals surface area contributed by atoms with E-state index >= 15 is 0 Å². The molecule has 1 aromatic carbocycles. The number of aliphatic hydroxyl groups excluding tert-OH is 1. The maximum Gasteiger partial charge on any atom is 0.112 e. The van der Waals surface area contributed by atoms with Gasteiger partial charge in [0.25, 0.3) is 0 Å². The van der Waals surface area contributed by atoms with Crippen molar-refractivity contribution in [3.8, 4) is 0 Å². The van der Waals surface area contributed by atoms with Gasteiger partial charge in [-0.05, 0) is 32.4 Å². The highest BCUT2D eigenvalue weighted by Crippen LogP contribution is 2.17. The van der Waals surface area contributed by atoms with Gasteiger partial charge < -0.3 is 14.4 Å². The van der Waals surface area contributed by atoms with Crippen LogP contribution in [0.25, 0.3) is 11.0 Å². The molecule has 0 bridgehead atoms. The highest BCUT2D eigenvalue weighted by molar-refractivity contribution is 5.75. The van der Waals surface area contributed by atoms with Crippen LogP contribution < -0.4 is 0 Å². The Kier molecular flexibility index (Phi) is 4.93. The quantitative estimate of drug-likeness (QED) is 0.779. The molecule has 1 unspecified atom stereocenters. The number of para-hydroxylation sites is 2. The number of imidazole rings is 1. The van der Waals surface area contributed by atoms with Crippen molar-refractivity contribution in [2.24, 2.45) is 0 Å². The third-order valence-electron chi connectivity index (χ3n) is 3.27. The predicted molar refractivity (Wildman–Crippen MR) is 76.2 cm³/mol. The Morgan fingerprint density at radius 3 is 2.84 bits per heavy atom. The van der Waals surface area contributed by atoms with Crippen LogP contribution in [0, 0.1) is 0 Å². The summed E-state index contributed by atoms with van der Waals surface area (Å²) < 4.78 is 7.44. The van der Waals surface area contributed by atoms with E-state index in [0.717, 1.165) is 23.4 Å². The minimum atomic E-state index is -0.395. The Bertz CT molecular complexity index is 522. The summed E-state index contributed by atoms with van der Waals surface area (Å²) in [4.78, 5) is 4.61. The largest absolute Gasteiger partial charge is 0.393 e. The predicted octanol–water partition coefficient (Wildman–Crippen LogP) is 2.39. The third-order valence-corrected chi connectivity index (χ3v) is 3.27. The molecule has 0 amide bonds. The van der Waals surface area contributed by atoms with Crippen LogP contribution in [-0.4, -0.2) is 34.0 Å². The molecule has 2 rings (SSSR count). The Morgan fingerprint density at radius 2 is 2.11 bits per heavy atom. The second-order valence-electron chi connectivity index (χ2n) is 4.60.